The smallest absolute Gasteiger partial charge is 0.362 e. The Bertz CT molecular complexity index is 1300. The molecular weight excluding hydrogens is 474 g/mol. The molecule has 0 aliphatic heterocycles. The maximum atomic E-state index is 13.9. The van der Waals surface area contributed by atoms with Crippen LogP contribution in [-0.4, -0.2) is 42.1 Å². The third-order valence-corrected chi connectivity index (χ3v) is 7.35. The molecule has 2 aliphatic rings. The Balaban J connectivity index is 1.19. The number of amides is 1. The van der Waals surface area contributed by atoms with Gasteiger partial charge < -0.3 is 15.5 Å². The molecule has 5 rings (SSSR count). The topological polar surface area (TPSA) is 70.2 Å². The number of alkyl halides is 3. The van der Waals surface area contributed by atoms with E-state index in [1.807, 2.05) is 43.3 Å². The van der Waals surface area contributed by atoms with Gasteiger partial charge in [0.15, 0.2) is 0 Å². The van der Waals surface area contributed by atoms with Crippen LogP contribution in [0.3, 0.4) is 0 Å². The van der Waals surface area contributed by atoms with Gasteiger partial charge in [0.25, 0.3) is 5.91 Å². The second-order valence-electron chi connectivity index (χ2n) is 9.99. The molecule has 1 heterocycles. The lowest BCUT2D eigenvalue weighted by atomic mass is 9.82. The van der Waals surface area contributed by atoms with Gasteiger partial charge in [0.1, 0.15) is 11.6 Å². The number of benzene rings is 2. The van der Waals surface area contributed by atoms with Gasteiger partial charge in [-0.1, -0.05) is 12.1 Å². The minimum Gasteiger partial charge on any atom is -0.362 e. The zero-order valence-corrected chi connectivity index (χ0v) is 20.0. The fourth-order valence-corrected chi connectivity index (χ4v) is 5.22. The molecule has 2 aliphatic carbocycles. The highest BCUT2D eigenvalue weighted by atomic mass is 19.4. The van der Waals surface area contributed by atoms with Crippen molar-refractivity contribution in [3.05, 3.63) is 59.4 Å². The summed E-state index contributed by atoms with van der Waals surface area (Å²) in [6, 6.07) is 10.3. The van der Waals surface area contributed by atoms with Crippen molar-refractivity contribution in [3.63, 3.8) is 0 Å². The number of carbonyl (C=O) groups excluding carboxylic acids is 1. The van der Waals surface area contributed by atoms with E-state index in [0.29, 0.717) is 18.1 Å². The van der Waals surface area contributed by atoms with Gasteiger partial charge in [-0.25, -0.2) is 9.37 Å². The summed E-state index contributed by atoms with van der Waals surface area (Å²) in [4.78, 5) is 23.9. The van der Waals surface area contributed by atoms with Crippen molar-refractivity contribution in [2.75, 3.05) is 24.3 Å². The van der Waals surface area contributed by atoms with Crippen LogP contribution in [0.5, 0.6) is 0 Å². The lowest BCUT2D eigenvalue weighted by Crippen LogP contribution is -2.39. The number of nitrogens with zero attached hydrogens (tertiary/aromatic N) is 3. The highest BCUT2D eigenvalue weighted by Gasteiger charge is 2.55. The third-order valence-electron chi connectivity index (χ3n) is 7.35. The first-order valence-corrected chi connectivity index (χ1v) is 11.9. The van der Waals surface area contributed by atoms with Gasteiger partial charge in [-0.3, -0.25) is 4.79 Å². The van der Waals surface area contributed by atoms with Crippen molar-refractivity contribution < 1.29 is 22.4 Å². The molecule has 1 unspecified atom stereocenters. The number of para-hydroxylation sites is 1. The summed E-state index contributed by atoms with van der Waals surface area (Å²) in [7, 11) is 3.90. The highest BCUT2D eigenvalue weighted by Crippen LogP contribution is 2.57. The quantitative estimate of drug-likeness (QED) is 0.459. The van der Waals surface area contributed by atoms with Crippen LogP contribution < -0.4 is 15.5 Å². The fraction of sp³-hybridized carbons (Fsp3) is 0.423. The van der Waals surface area contributed by atoms with Crippen molar-refractivity contribution in [3.8, 4) is 0 Å². The van der Waals surface area contributed by atoms with Gasteiger partial charge in [-0.2, -0.15) is 18.2 Å². The molecule has 1 amide bonds. The molecule has 0 radical (unpaired) electrons. The van der Waals surface area contributed by atoms with E-state index in [2.05, 4.69) is 15.6 Å². The number of hydrogen-bond donors (Lipinski definition) is 2. The average molecular weight is 502 g/mol. The van der Waals surface area contributed by atoms with E-state index in [9.17, 15) is 22.4 Å². The molecule has 6 nitrogen and oxygen atoms in total. The minimum absolute atomic E-state index is 0.105. The summed E-state index contributed by atoms with van der Waals surface area (Å²) in [5.74, 6) is -0.559. The van der Waals surface area contributed by atoms with Gasteiger partial charge in [0.2, 0.25) is 5.95 Å². The van der Waals surface area contributed by atoms with E-state index in [0.717, 1.165) is 54.9 Å². The van der Waals surface area contributed by atoms with Gasteiger partial charge in [0.05, 0.1) is 11.1 Å². The number of rotatable bonds is 5. The van der Waals surface area contributed by atoms with Crippen LogP contribution >= 0.6 is 0 Å². The number of anilines is 2. The Kier molecular flexibility index (Phi) is 6.00. The summed E-state index contributed by atoms with van der Waals surface area (Å²) in [6.07, 6.45) is -0.526. The summed E-state index contributed by atoms with van der Waals surface area (Å²) in [5.41, 5.74) is -0.495. The summed E-state index contributed by atoms with van der Waals surface area (Å²) in [6.45, 7) is 0. The summed E-state index contributed by atoms with van der Waals surface area (Å²) in [5, 5.41) is 7.34. The number of carbonyl (C=O) groups is 1. The van der Waals surface area contributed by atoms with Crippen LogP contribution in [-0.2, 0) is 6.18 Å². The largest absolute Gasteiger partial charge is 0.419 e. The lowest BCUT2D eigenvalue weighted by Gasteiger charge is -2.30. The Morgan fingerprint density at radius 3 is 2.47 bits per heavy atom. The first kappa shape index (κ1) is 24.3. The van der Waals surface area contributed by atoms with Crippen molar-refractivity contribution in [2.45, 2.75) is 50.4 Å². The first-order valence-electron chi connectivity index (χ1n) is 11.9. The Labute approximate surface area is 206 Å². The van der Waals surface area contributed by atoms with Gasteiger partial charge >= 0.3 is 6.18 Å². The Morgan fingerprint density at radius 1 is 1.08 bits per heavy atom. The molecule has 0 bridgehead atoms. The number of aromatic nitrogens is 2. The number of fused-ring (bicyclic) bond motifs is 1. The predicted molar refractivity (Wildman–Crippen MR) is 129 cm³/mol. The standard InChI is InChI=1S/C26H27F4N5O/c1-35(2)22-17-5-3-4-6-20(17)32-24(34-22)33-21-14-25(21)11-9-16(10-12-25)31-23(36)15-7-8-18(19(27)13-15)26(28,29)30/h3-8,13,16,21H,9-12,14H2,1-2H3,(H,31,36)(H,32,33,34). The fourth-order valence-electron chi connectivity index (χ4n) is 5.22. The zero-order valence-electron chi connectivity index (χ0n) is 20.0. The number of hydrogen-bond acceptors (Lipinski definition) is 5. The van der Waals surface area contributed by atoms with Crippen LogP contribution in [0.4, 0.5) is 29.3 Å². The molecule has 0 saturated heterocycles. The van der Waals surface area contributed by atoms with Crippen molar-refractivity contribution in [1.82, 2.24) is 15.3 Å². The zero-order chi connectivity index (χ0) is 25.7. The Hall–Kier alpha value is -3.43. The van der Waals surface area contributed by atoms with Crippen molar-refractivity contribution in [1.29, 1.82) is 0 Å². The van der Waals surface area contributed by atoms with E-state index < -0.39 is 23.5 Å². The Morgan fingerprint density at radius 2 is 1.81 bits per heavy atom. The minimum atomic E-state index is -4.79. The molecule has 1 atom stereocenters. The molecule has 190 valence electrons. The molecule has 2 aromatic carbocycles. The van der Waals surface area contributed by atoms with Crippen LogP contribution in [0.1, 0.15) is 48.0 Å². The molecule has 10 heteroatoms. The first-order chi connectivity index (χ1) is 17.1. The highest BCUT2D eigenvalue weighted by molar-refractivity contribution is 5.94. The molecule has 2 saturated carbocycles. The normalized spacial score (nSPS) is 23.5. The third kappa shape index (κ3) is 4.68. The summed E-state index contributed by atoms with van der Waals surface area (Å²) >= 11 is 0. The van der Waals surface area contributed by atoms with Gasteiger partial charge in [0, 0.05) is 37.1 Å². The van der Waals surface area contributed by atoms with E-state index in [-0.39, 0.29) is 23.1 Å². The molecular formula is C26H27F4N5O. The monoisotopic (exact) mass is 501 g/mol. The van der Waals surface area contributed by atoms with Gasteiger partial charge in [-0.15, -0.1) is 0 Å². The number of halogens is 4. The van der Waals surface area contributed by atoms with E-state index in [1.54, 1.807) is 0 Å². The predicted octanol–water partition coefficient (Wildman–Crippen LogP) is 5.40. The van der Waals surface area contributed by atoms with Crippen molar-refractivity contribution >= 4 is 28.6 Å². The SMILES string of the molecule is CN(C)c1nc(NC2CC23CCC(NC(=O)c2ccc(C(F)(F)F)c(F)c2)CC3)nc2ccccc12. The van der Waals surface area contributed by atoms with Crippen molar-refractivity contribution in [2.24, 2.45) is 5.41 Å². The maximum absolute atomic E-state index is 13.9. The molecule has 36 heavy (non-hydrogen) atoms. The molecule has 3 aromatic rings. The van der Waals surface area contributed by atoms with Crippen LogP contribution in [0, 0.1) is 11.2 Å². The molecule has 1 aromatic heterocycles. The molecule has 2 fully saturated rings. The van der Waals surface area contributed by atoms with Gasteiger partial charge in [-0.05, 0) is 67.9 Å². The number of nitrogens with one attached hydrogen (secondary N) is 2. The van der Waals surface area contributed by atoms with E-state index in [4.69, 9.17) is 4.98 Å². The summed E-state index contributed by atoms with van der Waals surface area (Å²) < 4.78 is 52.2. The maximum Gasteiger partial charge on any atom is 0.419 e. The van der Waals surface area contributed by atoms with Crippen LogP contribution in [0.25, 0.3) is 10.9 Å². The van der Waals surface area contributed by atoms with E-state index in [1.165, 1.54) is 0 Å². The second kappa shape index (κ2) is 8.90. The van der Waals surface area contributed by atoms with Crippen LogP contribution in [0.15, 0.2) is 42.5 Å². The van der Waals surface area contributed by atoms with Crippen LogP contribution in [0.2, 0.25) is 0 Å². The van der Waals surface area contributed by atoms with E-state index >= 15 is 0 Å². The lowest BCUT2D eigenvalue weighted by molar-refractivity contribution is -0.140. The second-order valence-corrected chi connectivity index (χ2v) is 9.99. The molecule has 1 spiro atoms. The molecule has 2 N–H and O–H groups in total. The average Bonchev–Trinajstić information content (AvgIpc) is 3.49.